The summed E-state index contributed by atoms with van der Waals surface area (Å²) in [6.45, 7) is -3.62. The number of hydrogen-bond acceptors (Lipinski definition) is 7. The summed E-state index contributed by atoms with van der Waals surface area (Å²) in [5.41, 5.74) is -2.05. The first-order valence-electron chi connectivity index (χ1n) is 9.75. The summed E-state index contributed by atoms with van der Waals surface area (Å²) in [5.74, 6) is -2.51. The van der Waals surface area contributed by atoms with Crippen molar-refractivity contribution in [3.63, 3.8) is 0 Å². The molecule has 0 radical (unpaired) electrons. The zero-order valence-corrected chi connectivity index (χ0v) is 19.7. The van der Waals surface area contributed by atoms with Gasteiger partial charge in [0.25, 0.3) is 11.9 Å². The van der Waals surface area contributed by atoms with E-state index in [0.29, 0.717) is 18.2 Å². The van der Waals surface area contributed by atoms with E-state index in [9.17, 15) is 39.9 Å². The van der Waals surface area contributed by atoms with E-state index in [0.717, 1.165) is 17.1 Å². The number of benzene rings is 1. The van der Waals surface area contributed by atoms with Crippen molar-refractivity contribution in [1.29, 1.82) is 0 Å². The Labute approximate surface area is 209 Å². The van der Waals surface area contributed by atoms with Gasteiger partial charge in [0.1, 0.15) is 5.75 Å². The number of aromatic nitrogens is 5. The second-order valence-electron chi connectivity index (χ2n) is 7.09. The molecule has 1 aromatic carbocycles. The molecule has 0 aliphatic rings. The average Bonchev–Trinajstić information content (AvgIpc) is 3.18. The van der Waals surface area contributed by atoms with E-state index < -0.39 is 54.4 Å². The number of hydrogen-bond donors (Lipinski definition) is 1. The van der Waals surface area contributed by atoms with E-state index in [4.69, 9.17) is 0 Å². The summed E-state index contributed by atoms with van der Waals surface area (Å²) in [4.78, 5) is 24.4. The molecule has 3 rings (SSSR count). The van der Waals surface area contributed by atoms with E-state index in [-0.39, 0.29) is 22.3 Å². The molecule has 1 unspecified atom stereocenters. The molecule has 37 heavy (non-hydrogen) atoms. The molecule has 0 saturated carbocycles. The van der Waals surface area contributed by atoms with Crippen LogP contribution in [0.5, 0.6) is 11.5 Å². The first-order chi connectivity index (χ1) is 17.1. The second-order valence-corrected chi connectivity index (χ2v) is 7.80. The van der Waals surface area contributed by atoms with Gasteiger partial charge in [0, 0.05) is 5.56 Å². The van der Waals surface area contributed by atoms with Crippen LogP contribution in [0.15, 0.2) is 35.3 Å². The Morgan fingerprint density at radius 3 is 2.30 bits per heavy atom. The standard InChI is InChI=1S/C19H13BrF8N6O3/c1-8(13-32-15(20)33-34(13)17-29-5-12(6-30-17)37-16(21)22)31-14(35)9-2-10(19(26,27)28)4-11(3-9)36-7-18(23,24)25/h2-6,8,16H,7H2,1H3,(H,31,35). The molecule has 0 spiro atoms. The largest absolute Gasteiger partial charge is 0.484 e. The fraction of sp³-hybridized carbons (Fsp3) is 0.316. The predicted octanol–water partition coefficient (Wildman–Crippen LogP) is 4.87. The van der Waals surface area contributed by atoms with Crippen molar-refractivity contribution in [3.05, 3.63) is 52.3 Å². The summed E-state index contributed by atoms with van der Waals surface area (Å²) >= 11 is 3.01. The number of carbonyl (C=O) groups is 1. The van der Waals surface area contributed by atoms with E-state index in [1.54, 1.807) is 0 Å². The van der Waals surface area contributed by atoms with Crippen molar-refractivity contribution in [2.24, 2.45) is 0 Å². The highest BCUT2D eigenvalue weighted by Gasteiger charge is 2.34. The topological polar surface area (TPSA) is 104 Å². The third kappa shape index (κ3) is 7.70. The lowest BCUT2D eigenvalue weighted by Gasteiger charge is -2.16. The number of alkyl halides is 8. The molecule has 1 atom stereocenters. The second kappa shape index (κ2) is 10.8. The maximum absolute atomic E-state index is 13.3. The molecule has 0 fully saturated rings. The van der Waals surface area contributed by atoms with Crippen LogP contribution in [0.3, 0.4) is 0 Å². The lowest BCUT2D eigenvalue weighted by atomic mass is 10.1. The van der Waals surface area contributed by atoms with Gasteiger partial charge >= 0.3 is 19.0 Å². The maximum atomic E-state index is 13.3. The lowest BCUT2D eigenvalue weighted by molar-refractivity contribution is -0.153. The van der Waals surface area contributed by atoms with Crippen molar-refractivity contribution >= 4 is 21.8 Å². The molecular weight excluding hydrogens is 592 g/mol. The Morgan fingerprint density at radius 2 is 1.73 bits per heavy atom. The lowest BCUT2D eigenvalue weighted by Crippen LogP contribution is -2.29. The summed E-state index contributed by atoms with van der Waals surface area (Å²) in [7, 11) is 0. The van der Waals surface area contributed by atoms with Crippen molar-refractivity contribution in [1.82, 2.24) is 30.0 Å². The molecule has 1 N–H and O–H groups in total. The Hall–Kier alpha value is -3.57. The maximum Gasteiger partial charge on any atom is 0.422 e. The van der Waals surface area contributed by atoms with Gasteiger partial charge < -0.3 is 14.8 Å². The molecule has 18 heteroatoms. The first-order valence-corrected chi connectivity index (χ1v) is 10.5. The first kappa shape index (κ1) is 28.0. The fourth-order valence-corrected chi connectivity index (χ4v) is 3.14. The third-order valence-electron chi connectivity index (χ3n) is 4.27. The van der Waals surface area contributed by atoms with Crippen molar-refractivity contribution in [2.75, 3.05) is 6.61 Å². The summed E-state index contributed by atoms with van der Waals surface area (Å²) < 4.78 is 111. The highest BCUT2D eigenvalue weighted by Crippen LogP contribution is 2.33. The normalized spacial score (nSPS) is 12.9. The van der Waals surface area contributed by atoms with Crippen LogP contribution in [-0.2, 0) is 6.18 Å². The van der Waals surface area contributed by atoms with Crippen molar-refractivity contribution < 1.29 is 49.4 Å². The van der Waals surface area contributed by atoms with Crippen LogP contribution in [0.2, 0.25) is 0 Å². The number of amides is 1. The number of carbonyl (C=O) groups excluding carboxylic acids is 1. The minimum atomic E-state index is -4.99. The average molecular weight is 605 g/mol. The van der Waals surface area contributed by atoms with Gasteiger partial charge in [-0.1, -0.05) is 0 Å². The quantitative estimate of drug-likeness (QED) is 0.366. The smallest absolute Gasteiger partial charge is 0.422 e. The minimum absolute atomic E-state index is 0.0120. The third-order valence-corrected chi connectivity index (χ3v) is 4.60. The molecule has 3 aromatic rings. The predicted molar refractivity (Wildman–Crippen MR) is 110 cm³/mol. The number of rotatable bonds is 8. The zero-order chi connectivity index (χ0) is 27.5. The monoisotopic (exact) mass is 604 g/mol. The molecule has 0 aliphatic carbocycles. The van der Waals surface area contributed by atoms with Crippen LogP contribution in [0.25, 0.3) is 5.95 Å². The van der Waals surface area contributed by atoms with Crippen LogP contribution in [0, 0.1) is 0 Å². The molecule has 0 saturated heterocycles. The zero-order valence-electron chi connectivity index (χ0n) is 18.1. The van der Waals surface area contributed by atoms with Crippen LogP contribution in [-0.4, -0.2) is 50.0 Å². The van der Waals surface area contributed by atoms with E-state index >= 15 is 0 Å². The van der Waals surface area contributed by atoms with Gasteiger partial charge in [0.05, 0.1) is 24.0 Å². The van der Waals surface area contributed by atoms with Crippen molar-refractivity contribution in [3.8, 4) is 17.4 Å². The number of halogens is 9. The molecule has 1 amide bonds. The van der Waals surface area contributed by atoms with Crippen molar-refractivity contribution in [2.45, 2.75) is 31.9 Å². The van der Waals surface area contributed by atoms with Gasteiger partial charge in [-0.05, 0) is 41.1 Å². The van der Waals surface area contributed by atoms with Gasteiger partial charge in [0.15, 0.2) is 18.2 Å². The van der Waals surface area contributed by atoms with Crippen LogP contribution in [0.4, 0.5) is 35.1 Å². The fourth-order valence-electron chi connectivity index (χ4n) is 2.79. The van der Waals surface area contributed by atoms with Gasteiger partial charge in [-0.15, -0.1) is 5.10 Å². The minimum Gasteiger partial charge on any atom is -0.484 e. The molecule has 0 bridgehead atoms. The van der Waals surface area contributed by atoms with E-state index in [2.05, 4.69) is 50.8 Å². The van der Waals surface area contributed by atoms with Gasteiger partial charge in [-0.3, -0.25) is 4.79 Å². The SMILES string of the molecule is CC(NC(=O)c1cc(OCC(F)(F)F)cc(C(F)(F)F)c1)c1nc(Br)nn1-c1ncc(OC(F)F)cn1. The molecule has 0 aliphatic heterocycles. The molecule has 9 nitrogen and oxygen atoms in total. The summed E-state index contributed by atoms with van der Waals surface area (Å²) in [6.07, 6.45) is -7.97. The molecule has 2 heterocycles. The van der Waals surface area contributed by atoms with Gasteiger partial charge in [0.2, 0.25) is 4.73 Å². The highest BCUT2D eigenvalue weighted by molar-refractivity contribution is 9.10. The Morgan fingerprint density at radius 1 is 1.08 bits per heavy atom. The highest BCUT2D eigenvalue weighted by atomic mass is 79.9. The van der Waals surface area contributed by atoms with E-state index in [1.165, 1.54) is 6.92 Å². The number of nitrogens with zero attached hydrogens (tertiary/aromatic N) is 5. The number of nitrogens with one attached hydrogen (secondary N) is 1. The van der Waals surface area contributed by atoms with Gasteiger partial charge in [-0.2, -0.15) is 39.8 Å². The van der Waals surface area contributed by atoms with Crippen LogP contribution < -0.4 is 14.8 Å². The molecule has 200 valence electrons. The van der Waals surface area contributed by atoms with Gasteiger partial charge in [-0.25, -0.2) is 15.0 Å². The van der Waals surface area contributed by atoms with E-state index in [1.807, 2.05) is 0 Å². The Balaban J connectivity index is 1.86. The Bertz CT molecular complexity index is 1250. The summed E-state index contributed by atoms with van der Waals surface area (Å²) in [6, 6.07) is 0.419. The summed E-state index contributed by atoms with van der Waals surface area (Å²) in [5, 5.41) is 6.31. The Kier molecular flexibility index (Phi) is 8.19. The number of ether oxygens (including phenoxy) is 2. The van der Waals surface area contributed by atoms with Crippen LogP contribution >= 0.6 is 15.9 Å². The molecule has 2 aromatic heterocycles. The molecular formula is C19H13BrF8N6O3. The van der Waals surface area contributed by atoms with Crippen LogP contribution in [0.1, 0.15) is 34.7 Å².